The lowest BCUT2D eigenvalue weighted by atomic mass is 9.88. The van der Waals surface area contributed by atoms with E-state index in [0.29, 0.717) is 25.4 Å². The van der Waals surface area contributed by atoms with Crippen molar-refractivity contribution in [2.75, 3.05) is 20.2 Å². The quantitative estimate of drug-likeness (QED) is 0.293. The average molecular weight is 527 g/mol. The molecule has 0 spiro atoms. The van der Waals surface area contributed by atoms with E-state index in [9.17, 15) is 12.8 Å². The fourth-order valence-electron chi connectivity index (χ4n) is 5.29. The van der Waals surface area contributed by atoms with Crippen molar-refractivity contribution in [1.29, 1.82) is 0 Å². The number of hydrogen-bond acceptors (Lipinski definition) is 3. The van der Waals surface area contributed by atoms with Gasteiger partial charge in [0.15, 0.2) is 0 Å². The van der Waals surface area contributed by atoms with Crippen LogP contribution in [0.3, 0.4) is 0 Å². The van der Waals surface area contributed by atoms with Crippen LogP contribution in [0.15, 0.2) is 71.6 Å². The molecule has 0 aliphatic carbocycles. The Morgan fingerprint density at radius 2 is 1.72 bits per heavy atom. The van der Waals surface area contributed by atoms with Crippen molar-refractivity contribution in [2.45, 2.75) is 37.1 Å². The first-order chi connectivity index (χ1) is 17.3. The fraction of sp³-hybridized carbons (Fsp3) is 0.286. The molecule has 1 aromatic heterocycles. The number of methoxy groups -OCH3 is 1. The zero-order valence-corrected chi connectivity index (χ0v) is 21.8. The second-order valence-electron chi connectivity index (χ2n) is 9.20. The molecule has 0 bridgehead atoms. The standard InChI is InChI=1S/C28H28ClFN2O3S/c1-19-28(24-5-3-4-6-26(24)32(19)18-20-7-9-22(30)10-8-20)21-13-15-31(16-14-21)36(33,34)23-11-12-27(35-2)25(29)17-23/h3-12,17,21H,13-16,18H2,1-2H3. The van der Waals surface area contributed by atoms with Crippen LogP contribution in [0.1, 0.15) is 35.6 Å². The third-order valence-corrected chi connectivity index (χ3v) is 9.35. The third kappa shape index (κ3) is 4.51. The zero-order valence-electron chi connectivity index (χ0n) is 20.2. The number of piperidine rings is 1. The number of para-hydroxylation sites is 1. The number of ether oxygens (including phenoxy) is 1. The van der Waals surface area contributed by atoms with Gasteiger partial charge in [0.25, 0.3) is 0 Å². The largest absolute Gasteiger partial charge is 0.495 e. The molecule has 2 heterocycles. The van der Waals surface area contributed by atoms with Crippen LogP contribution in [-0.2, 0) is 16.6 Å². The monoisotopic (exact) mass is 526 g/mol. The second-order valence-corrected chi connectivity index (χ2v) is 11.5. The van der Waals surface area contributed by atoms with Crippen molar-refractivity contribution in [3.63, 3.8) is 0 Å². The molecule has 0 unspecified atom stereocenters. The highest BCUT2D eigenvalue weighted by Gasteiger charge is 2.32. The Morgan fingerprint density at radius 3 is 2.39 bits per heavy atom. The molecule has 4 aromatic rings. The van der Waals surface area contributed by atoms with E-state index in [0.717, 1.165) is 23.9 Å². The first kappa shape index (κ1) is 24.8. The molecular weight excluding hydrogens is 499 g/mol. The van der Waals surface area contributed by atoms with Gasteiger partial charge in [-0.1, -0.05) is 41.9 Å². The van der Waals surface area contributed by atoms with Crippen LogP contribution in [-0.4, -0.2) is 37.5 Å². The number of benzene rings is 3. The van der Waals surface area contributed by atoms with Gasteiger partial charge in [0.2, 0.25) is 10.0 Å². The highest BCUT2D eigenvalue weighted by Crippen LogP contribution is 2.39. The van der Waals surface area contributed by atoms with Crippen LogP contribution < -0.4 is 4.74 Å². The molecule has 0 N–H and O–H groups in total. The van der Waals surface area contributed by atoms with Crippen molar-refractivity contribution < 1.29 is 17.5 Å². The third-order valence-electron chi connectivity index (χ3n) is 7.16. The Hall–Kier alpha value is -2.87. The Labute approximate surface area is 216 Å². The lowest BCUT2D eigenvalue weighted by molar-refractivity contribution is 0.319. The summed E-state index contributed by atoms with van der Waals surface area (Å²) in [5.41, 5.74) is 4.61. The van der Waals surface area contributed by atoms with Crippen molar-refractivity contribution in [2.24, 2.45) is 0 Å². The van der Waals surface area contributed by atoms with E-state index in [4.69, 9.17) is 16.3 Å². The molecule has 0 radical (unpaired) electrons. The van der Waals surface area contributed by atoms with Crippen LogP contribution in [0.5, 0.6) is 5.75 Å². The number of fused-ring (bicyclic) bond motifs is 1. The van der Waals surface area contributed by atoms with Gasteiger partial charge in [-0.25, -0.2) is 12.8 Å². The van der Waals surface area contributed by atoms with Crippen LogP contribution in [0.25, 0.3) is 10.9 Å². The highest BCUT2D eigenvalue weighted by molar-refractivity contribution is 7.89. The molecule has 0 amide bonds. The summed E-state index contributed by atoms with van der Waals surface area (Å²) in [6.45, 7) is 3.65. The zero-order chi connectivity index (χ0) is 25.4. The molecule has 0 atom stereocenters. The Bertz CT molecular complexity index is 1510. The van der Waals surface area contributed by atoms with Gasteiger partial charge in [-0.15, -0.1) is 0 Å². The van der Waals surface area contributed by atoms with Crippen LogP contribution in [0.4, 0.5) is 4.39 Å². The SMILES string of the molecule is COc1ccc(S(=O)(=O)N2CCC(c3c(C)n(Cc4ccc(F)cc4)c4ccccc34)CC2)cc1Cl. The minimum absolute atomic E-state index is 0.179. The predicted octanol–water partition coefficient (Wildman–Crippen LogP) is 6.37. The van der Waals surface area contributed by atoms with Crippen molar-refractivity contribution in [3.05, 3.63) is 94.4 Å². The Kier molecular flexibility index (Phi) is 6.81. The Morgan fingerprint density at radius 1 is 1.03 bits per heavy atom. The molecular formula is C28H28ClFN2O3S. The summed E-state index contributed by atoms with van der Waals surface area (Å²) in [6.07, 6.45) is 1.46. The van der Waals surface area contributed by atoms with Crippen molar-refractivity contribution >= 4 is 32.5 Å². The molecule has 3 aromatic carbocycles. The average Bonchev–Trinajstić information content (AvgIpc) is 3.16. The van der Waals surface area contributed by atoms with E-state index < -0.39 is 10.0 Å². The highest BCUT2D eigenvalue weighted by atomic mass is 35.5. The molecule has 1 saturated heterocycles. The van der Waals surface area contributed by atoms with Gasteiger partial charge in [0, 0.05) is 36.2 Å². The van der Waals surface area contributed by atoms with Crippen molar-refractivity contribution in [1.82, 2.24) is 8.87 Å². The van der Waals surface area contributed by atoms with Gasteiger partial charge >= 0.3 is 0 Å². The van der Waals surface area contributed by atoms with Gasteiger partial charge in [-0.3, -0.25) is 0 Å². The molecule has 1 fully saturated rings. The molecule has 5 nitrogen and oxygen atoms in total. The van der Waals surface area contributed by atoms with Gasteiger partial charge in [-0.05, 0) is 73.2 Å². The molecule has 8 heteroatoms. The number of hydrogen-bond donors (Lipinski definition) is 0. The second kappa shape index (κ2) is 9.88. The minimum atomic E-state index is -3.65. The normalized spacial score (nSPS) is 15.4. The van der Waals surface area contributed by atoms with Gasteiger partial charge < -0.3 is 9.30 Å². The topological polar surface area (TPSA) is 51.5 Å². The van der Waals surface area contributed by atoms with Crippen LogP contribution in [0, 0.1) is 12.7 Å². The van der Waals surface area contributed by atoms with E-state index in [1.54, 1.807) is 16.4 Å². The first-order valence-corrected chi connectivity index (χ1v) is 13.8. The van der Waals surface area contributed by atoms with E-state index in [2.05, 4.69) is 23.6 Å². The summed E-state index contributed by atoms with van der Waals surface area (Å²) in [7, 11) is -2.15. The molecule has 5 rings (SSSR count). The maximum Gasteiger partial charge on any atom is 0.243 e. The molecule has 188 valence electrons. The summed E-state index contributed by atoms with van der Waals surface area (Å²) in [5, 5.41) is 1.47. The summed E-state index contributed by atoms with van der Waals surface area (Å²) in [4.78, 5) is 0.179. The Balaban J connectivity index is 1.40. The van der Waals surface area contributed by atoms with E-state index in [1.807, 2.05) is 24.3 Å². The summed E-state index contributed by atoms with van der Waals surface area (Å²) < 4.78 is 49.0. The maximum absolute atomic E-state index is 13.4. The molecule has 36 heavy (non-hydrogen) atoms. The van der Waals surface area contributed by atoms with E-state index >= 15 is 0 Å². The van der Waals surface area contributed by atoms with Crippen LogP contribution in [0.2, 0.25) is 5.02 Å². The lowest BCUT2D eigenvalue weighted by Crippen LogP contribution is -2.38. The molecule has 0 saturated carbocycles. The van der Waals surface area contributed by atoms with Crippen LogP contribution >= 0.6 is 11.6 Å². The number of rotatable bonds is 6. The number of aromatic nitrogens is 1. The molecule has 1 aliphatic rings. The van der Waals surface area contributed by atoms with Gasteiger partial charge in [-0.2, -0.15) is 4.31 Å². The summed E-state index contributed by atoms with van der Waals surface area (Å²) in [6, 6.07) is 19.5. The number of nitrogens with zero attached hydrogens (tertiary/aromatic N) is 2. The summed E-state index contributed by atoms with van der Waals surface area (Å²) >= 11 is 6.19. The van der Waals surface area contributed by atoms with E-state index in [-0.39, 0.29) is 21.7 Å². The molecule has 1 aliphatic heterocycles. The summed E-state index contributed by atoms with van der Waals surface area (Å²) in [5.74, 6) is 0.448. The van der Waals surface area contributed by atoms with Gasteiger partial charge in [0.1, 0.15) is 11.6 Å². The fourth-order valence-corrected chi connectivity index (χ4v) is 7.11. The van der Waals surface area contributed by atoms with Gasteiger partial charge in [0.05, 0.1) is 17.0 Å². The first-order valence-electron chi connectivity index (χ1n) is 12.0. The van der Waals surface area contributed by atoms with E-state index in [1.165, 1.54) is 42.0 Å². The predicted molar refractivity (Wildman–Crippen MR) is 141 cm³/mol. The number of sulfonamides is 1. The lowest BCUT2D eigenvalue weighted by Gasteiger charge is -2.31. The number of halogens is 2. The smallest absolute Gasteiger partial charge is 0.243 e. The van der Waals surface area contributed by atoms with Crippen molar-refractivity contribution in [3.8, 4) is 5.75 Å². The minimum Gasteiger partial charge on any atom is -0.495 e. The maximum atomic E-state index is 13.4.